The van der Waals surface area contributed by atoms with Crippen molar-refractivity contribution < 1.29 is 19.4 Å². The normalized spacial score (nSPS) is 11.7. The summed E-state index contributed by atoms with van der Waals surface area (Å²) in [5, 5.41) is 9.39. The Bertz CT molecular complexity index is 249. The molecule has 0 saturated carbocycles. The first-order valence-electron chi connectivity index (χ1n) is 4.18. The van der Waals surface area contributed by atoms with E-state index < -0.39 is 18.1 Å². The number of amides is 1. The topological polar surface area (TPSA) is 66.8 Å². The van der Waals surface area contributed by atoms with Crippen LogP contribution in [0.1, 0.15) is 13.8 Å². The number of carbonyl (C=O) groups excluding carboxylic acids is 2. The van der Waals surface area contributed by atoms with Crippen LogP contribution in [0.5, 0.6) is 0 Å². The van der Waals surface area contributed by atoms with E-state index in [0.717, 1.165) is 12.0 Å². The van der Waals surface area contributed by atoms with Crippen molar-refractivity contribution in [1.82, 2.24) is 4.90 Å². The number of hydrogen-bond donors (Lipinski definition) is 1. The van der Waals surface area contributed by atoms with Gasteiger partial charge in [0.2, 0.25) is 6.23 Å². The Balaban J connectivity index is 4.64. The van der Waals surface area contributed by atoms with Crippen LogP contribution < -0.4 is 0 Å². The highest BCUT2D eigenvalue weighted by atomic mass is 16.5. The molecule has 0 aliphatic heterocycles. The van der Waals surface area contributed by atoms with Crippen molar-refractivity contribution in [3.8, 4) is 0 Å². The molecule has 5 heteroatoms. The standard InChI is InChI=1S/C9H15NO4/c1-5-10(7(11)6(2)3)8(12)9(13)14-4/h8,12H,2,5H2,1,3-4H3. The van der Waals surface area contributed by atoms with Gasteiger partial charge in [-0.15, -0.1) is 0 Å². The Morgan fingerprint density at radius 2 is 2.07 bits per heavy atom. The van der Waals surface area contributed by atoms with E-state index in [1.807, 2.05) is 0 Å². The van der Waals surface area contributed by atoms with E-state index in [9.17, 15) is 14.7 Å². The molecule has 0 aromatic rings. The predicted octanol–water partition coefficient (Wildman–Crippen LogP) is -0.0976. The van der Waals surface area contributed by atoms with E-state index in [0.29, 0.717) is 0 Å². The maximum absolute atomic E-state index is 11.4. The molecule has 1 unspecified atom stereocenters. The number of aliphatic hydroxyl groups excluding tert-OH is 1. The van der Waals surface area contributed by atoms with Gasteiger partial charge in [-0.25, -0.2) is 4.79 Å². The van der Waals surface area contributed by atoms with E-state index in [2.05, 4.69) is 11.3 Å². The zero-order valence-electron chi connectivity index (χ0n) is 8.61. The van der Waals surface area contributed by atoms with Crippen LogP contribution in [0.15, 0.2) is 12.2 Å². The highest BCUT2D eigenvalue weighted by Gasteiger charge is 2.27. The minimum atomic E-state index is -1.56. The molecule has 0 saturated heterocycles. The van der Waals surface area contributed by atoms with Crippen LogP contribution in [0.3, 0.4) is 0 Å². The van der Waals surface area contributed by atoms with Crippen LogP contribution in [0, 0.1) is 0 Å². The van der Waals surface area contributed by atoms with Crippen LogP contribution in [0.4, 0.5) is 0 Å². The van der Waals surface area contributed by atoms with Gasteiger partial charge >= 0.3 is 5.97 Å². The summed E-state index contributed by atoms with van der Waals surface area (Å²) in [5.74, 6) is -1.33. The van der Waals surface area contributed by atoms with Gasteiger partial charge in [-0.3, -0.25) is 4.79 Å². The number of hydrogen-bond acceptors (Lipinski definition) is 4. The van der Waals surface area contributed by atoms with Crippen molar-refractivity contribution in [3.63, 3.8) is 0 Å². The van der Waals surface area contributed by atoms with E-state index in [1.165, 1.54) is 6.92 Å². The zero-order valence-corrected chi connectivity index (χ0v) is 8.61. The molecule has 0 heterocycles. The van der Waals surface area contributed by atoms with Crippen LogP contribution in [0.25, 0.3) is 0 Å². The molecule has 0 rings (SSSR count). The van der Waals surface area contributed by atoms with Gasteiger partial charge in [-0.2, -0.15) is 0 Å². The molecule has 5 nitrogen and oxygen atoms in total. The zero-order chi connectivity index (χ0) is 11.3. The molecule has 0 aromatic carbocycles. The number of nitrogens with zero attached hydrogens (tertiary/aromatic N) is 1. The minimum Gasteiger partial charge on any atom is -0.466 e. The Morgan fingerprint density at radius 3 is 2.36 bits per heavy atom. The number of esters is 1. The lowest BCUT2D eigenvalue weighted by Gasteiger charge is -2.24. The van der Waals surface area contributed by atoms with Crippen LogP contribution >= 0.6 is 0 Å². The summed E-state index contributed by atoms with van der Waals surface area (Å²) in [6.45, 7) is 6.80. The van der Waals surface area contributed by atoms with Crippen molar-refractivity contribution >= 4 is 11.9 Å². The fourth-order valence-electron chi connectivity index (χ4n) is 0.905. The van der Waals surface area contributed by atoms with E-state index >= 15 is 0 Å². The molecular weight excluding hydrogens is 186 g/mol. The Hall–Kier alpha value is -1.36. The lowest BCUT2D eigenvalue weighted by molar-refractivity contribution is -0.166. The Morgan fingerprint density at radius 1 is 1.57 bits per heavy atom. The molecule has 0 bridgehead atoms. The van der Waals surface area contributed by atoms with E-state index in [1.54, 1.807) is 6.92 Å². The lowest BCUT2D eigenvalue weighted by atomic mass is 10.3. The van der Waals surface area contributed by atoms with Gasteiger partial charge < -0.3 is 14.7 Å². The van der Waals surface area contributed by atoms with Crippen molar-refractivity contribution in [2.45, 2.75) is 20.1 Å². The maximum Gasteiger partial charge on any atom is 0.356 e. The second-order valence-electron chi connectivity index (χ2n) is 2.77. The van der Waals surface area contributed by atoms with Crippen LogP contribution in [-0.2, 0) is 14.3 Å². The average molecular weight is 201 g/mol. The summed E-state index contributed by atoms with van der Waals surface area (Å²) in [6.07, 6.45) is -1.56. The SMILES string of the molecule is C=C(C)C(=O)N(CC)C(O)C(=O)OC. The highest BCUT2D eigenvalue weighted by molar-refractivity contribution is 5.94. The van der Waals surface area contributed by atoms with Crippen molar-refractivity contribution in [1.29, 1.82) is 0 Å². The molecule has 0 radical (unpaired) electrons. The summed E-state index contributed by atoms with van der Waals surface area (Å²) in [5.41, 5.74) is 0.259. The summed E-state index contributed by atoms with van der Waals surface area (Å²) >= 11 is 0. The third kappa shape index (κ3) is 2.85. The number of ether oxygens (including phenoxy) is 1. The number of likely N-dealkylation sites (N-methyl/N-ethyl adjacent to an activating group) is 1. The van der Waals surface area contributed by atoms with Gasteiger partial charge in [0.1, 0.15) is 0 Å². The fraction of sp³-hybridized carbons (Fsp3) is 0.556. The van der Waals surface area contributed by atoms with Crippen LogP contribution in [-0.4, -0.2) is 41.8 Å². The Kier molecular flexibility index (Phi) is 4.86. The number of methoxy groups -OCH3 is 1. The lowest BCUT2D eigenvalue weighted by Crippen LogP contribution is -2.45. The minimum absolute atomic E-state index is 0.210. The van der Waals surface area contributed by atoms with Crippen molar-refractivity contribution in [3.05, 3.63) is 12.2 Å². The number of aliphatic hydroxyl groups is 1. The summed E-state index contributed by atoms with van der Waals surface area (Å²) in [7, 11) is 1.14. The monoisotopic (exact) mass is 201 g/mol. The molecule has 14 heavy (non-hydrogen) atoms. The third-order valence-electron chi connectivity index (χ3n) is 1.67. The first-order chi connectivity index (χ1) is 6.45. The smallest absolute Gasteiger partial charge is 0.356 e. The maximum atomic E-state index is 11.4. The molecule has 0 aliphatic rings. The number of rotatable bonds is 4. The molecular formula is C9H15NO4. The molecule has 1 amide bonds. The summed E-state index contributed by atoms with van der Waals surface area (Å²) in [4.78, 5) is 23.3. The van der Waals surface area contributed by atoms with Gasteiger partial charge in [0.15, 0.2) is 0 Å². The predicted molar refractivity (Wildman–Crippen MR) is 50.2 cm³/mol. The molecule has 80 valence electrons. The average Bonchev–Trinajstić information content (AvgIpc) is 2.17. The summed E-state index contributed by atoms with van der Waals surface area (Å²) < 4.78 is 4.31. The molecule has 0 spiro atoms. The van der Waals surface area contributed by atoms with Gasteiger partial charge in [0.05, 0.1) is 7.11 Å². The quantitative estimate of drug-likeness (QED) is 0.392. The van der Waals surface area contributed by atoms with Gasteiger partial charge in [0, 0.05) is 12.1 Å². The van der Waals surface area contributed by atoms with Crippen molar-refractivity contribution in [2.24, 2.45) is 0 Å². The highest BCUT2D eigenvalue weighted by Crippen LogP contribution is 2.04. The number of carbonyl (C=O) groups is 2. The van der Waals surface area contributed by atoms with Gasteiger partial charge in [0.25, 0.3) is 5.91 Å². The first kappa shape index (κ1) is 12.6. The Labute approximate surface area is 83.0 Å². The van der Waals surface area contributed by atoms with Gasteiger partial charge in [-0.1, -0.05) is 6.58 Å². The summed E-state index contributed by atoms with van der Waals surface area (Å²) in [6, 6.07) is 0. The third-order valence-corrected chi connectivity index (χ3v) is 1.67. The van der Waals surface area contributed by atoms with Crippen LogP contribution in [0.2, 0.25) is 0 Å². The second kappa shape index (κ2) is 5.39. The second-order valence-corrected chi connectivity index (χ2v) is 2.77. The largest absolute Gasteiger partial charge is 0.466 e. The van der Waals surface area contributed by atoms with Gasteiger partial charge in [-0.05, 0) is 13.8 Å². The van der Waals surface area contributed by atoms with Crippen molar-refractivity contribution in [2.75, 3.05) is 13.7 Å². The molecule has 0 aromatic heterocycles. The molecule has 1 atom stereocenters. The molecule has 1 N–H and O–H groups in total. The fourth-order valence-corrected chi connectivity index (χ4v) is 0.905. The van der Waals surface area contributed by atoms with E-state index in [4.69, 9.17) is 0 Å². The first-order valence-corrected chi connectivity index (χ1v) is 4.18. The molecule has 0 fully saturated rings. The molecule has 0 aliphatic carbocycles. The van der Waals surface area contributed by atoms with E-state index in [-0.39, 0.29) is 12.1 Å².